The molecule has 0 saturated carbocycles. The maximum atomic E-state index is 4.14. The highest BCUT2D eigenvalue weighted by atomic mass is 15.3. The summed E-state index contributed by atoms with van der Waals surface area (Å²) in [5.74, 6) is 0.789. The van der Waals surface area contributed by atoms with E-state index in [9.17, 15) is 0 Å². The number of hydrogen-bond donors (Lipinski definition) is 1. The zero-order valence-corrected chi connectivity index (χ0v) is 8.54. The van der Waals surface area contributed by atoms with Crippen LogP contribution in [0.2, 0.25) is 0 Å². The largest absolute Gasteiger partial charge is 0.364 e. The molecule has 0 spiro atoms. The van der Waals surface area contributed by atoms with E-state index in [1.165, 1.54) is 0 Å². The van der Waals surface area contributed by atoms with E-state index in [2.05, 4.69) is 27.5 Å². The van der Waals surface area contributed by atoms with Crippen molar-refractivity contribution in [3.63, 3.8) is 0 Å². The molecule has 0 saturated heterocycles. The Labute approximate surface area is 88.1 Å². The molecule has 1 unspecified atom stereocenters. The molecule has 0 aliphatic carbocycles. The van der Waals surface area contributed by atoms with Gasteiger partial charge in [-0.2, -0.15) is 10.2 Å². The molecule has 1 N–H and O–H groups in total. The van der Waals surface area contributed by atoms with Crippen molar-refractivity contribution in [1.29, 1.82) is 0 Å². The van der Waals surface area contributed by atoms with Crippen molar-refractivity contribution in [3.8, 4) is 0 Å². The minimum absolute atomic E-state index is 0.265. The van der Waals surface area contributed by atoms with Crippen LogP contribution in [-0.4, -0.2) is 26.0 Å². The summed E-state index contributed by atoms with van der Waals surface area (Å²) >= 11 is 0. The van der Waals surface area contributed by atoms with Gasteiger partial charge in [-0.15, -0.1) is 5.10 Å². The van der Waals surface area contributed by atoms with E-state index in [1.54, 1.807) is 12.4 Å². The van der Waals surface area contributed by atoms with Gasteiger partial charge in [0.25, 0.3) is 0 Å². The summed E-state index contributed by atoms with van der Waals surface area (Å²) in [6.45, 7) is 2.89. The second-order valence-corrected chi connectivity index (χ2v) is 3.38. The van der Waals surface area contributed by atoms with Crippen LogP contribution < -0.4 is 5.32 Å². The third-order valence-corrected chi connectivity index (χ3v) is 1.99. The Hall–Kier alpha value is -1.91. The highest BCUT2D eigenvalue weighted by molar-refractivity contribution is 5.32. The second kappa shape index (κ2) is 4.54. The van der Waals surface area contributed by atoms with Gasteiger partial charge in [0.05, 0.1) is 6.54 Å². The molecule has 0 radical (unpaired) electrons. The minimum Gasteiger partial charge on any atom is -0.364 e. The highest BCUT2D eigenvalue weighted by Gasteiger charge is 2.03. The summed E-state index contributed by atoms with van der Waals surface area (Å²) in [7, 11) is 0. The molecule has 15 heavy (non-hydrogen) atoms. The van der Waals surface area contributed by atoms with Crippen LogP contribution in [0.25, 0.3) is 0 Å². The van der Waals surface area contributed by atoms with Gasteiger partial charge in [-0.05, 0) is 25.1 Å². The smallest absolute Gasteiger partial charge is 0.148 e. The average Bonchev–Trinajstić information content (AvgIpc) is 2.71. The maximum absolute atomic E-state index is 4.14. The molecule has 1 atom stereocenters. The quantitative estimate of drug-likeness (QED) is 0.810. The first-order valence-corrected chi connectivity index (χ1v) is 4.86. The maximum Gasteiger partial charge on any atom is 0.148 e. The van der Waals surface area contributed by atoms with Crippen LogP contribution in [-0.2, 0) is 6.54 Å². The lowest BCUT2D eigenvalue weighted by atomic mass is 10.3. The van der Waals surface area contributed by atoms with E-state index in [1.807, 2.05) is 29.1 Å². The van der Waals surface area contributed by atoms with Crippen LogP contribution in [0.4, 0.5) is 5.82 Å². The number of anilines is 1. The molecule has 0 fully saturated rings. The van der Waals surface area contributed by atoms with Crippen molar-refractivity contribution in [1.82, 2.24) is 20.0 Å². The molecular weight excluding hydrogens is 190 g/mol. The van der Waals surface area contributed by atoms with Gasteiger partial charge in [0, 0.05) is 24.6 Å². The first kappa shape index (κ1) is 9.64. The number of nitrogens with one attached hydrogen (secondary N) is 1. The SMILES string of the molecule is CC(Cn1cccn1)Nc1cccnn1. The monoisotopic (exact) mass is 203 g/mol. The number of nitrogens with zero attached hydrogens (tertiary/aromatic N) is 4. The molecule has 2 aromatic heterocycles. The zero-order valence-electron chi connectivity index (χ0n) is 8.54. The van der Waals surface area contributed by atoms with Crippen molar-refractivity contribution in [3.05, 3.63) is 36.8 Å². The van der Waals surface area contributed by atoms with E-state index in [4.69, 9.17) is 0 Å². The molecule has 0 bridgehead atoms. The van der Waals surface area contributed by atoms with Gasteiger partial charge in [-0.1, -0.05) is 0 Å². The van der Waals surface area contributed by atoms with Gasteiger partial charge in [-0.3, -0.25) is 4.68 Å². The first-order chi connectivity index (χ1) is 7.34. The van der Waals surface area contributed by atoms with Gasteiger partial charge < -0.3 is 5.32 Å². The van der Waals surface area contributed by atoms with Crippen LogP contribution in [0, 0.1) is 0 Å². The van der Waals surface area contributed by atoms with Crippen LogP contribution in [0.5, 0.6) is 0 Å². The molecule has 0 aliphatic rings. The molecule has 2 heterocycles. The summed E-state index contributed by atoms with van der Waals surface area (Å²) in [6, 6.07) is 5.93. The van der Waals surface area contributed by atoms with Crippen LogP contribution in [0.15, 0.2) is 36.8 Å². The lowest BCUT2D eigenvalue weighted by Crippen LogP contribution is -2.22. The van der Waals surface area contributed by atoms with E-state index in [0.29, 0.717) is 0 Å². The Balaban J connectivity index is 1.90. The Bertz CT molecular complexity index is 383. The molecule has 78 valence electrons. The van der Waals surface area contributed by atoms with Crippen LogP contribution in [0.1, 0.15) is 6.92 Å². The molecule has 0 amide bonds. The summed E-state index contributed by atoms with van der Waals surface area (Å²) in [5, 5.41) is 15.1. The summed E-state index contributed by atoms with van der Waals surface area (Å²) in [6.07, 6.45) is 5.37. The van der Waals surface area contributed by atoms with E-state index >= 15 is 0 Å². The Morgan fingerprint density at radius 3 is 3.00 bits per heavy atom. The number of aromatic nitrogens is 4. The summed E-state index contributed by atoms with van der Waals surface area (Å²) in [5.41, 5.74) is 0. The molecule has 2 aromatic rings. The van der Waals surface area contributed by atoms with Gasteiger partial charge in [0.15, 0.2) is 0 Å². The topological polar surface area (TPSA) is 55.6 Å². The standard InChI is InChI=1S/C10H13N5/c1-9(8-15-7-3-6-12-15)13-10-4-2-5-11-14-10/h2-7,9H,8H2,1H3,(H,13,14). The van der Waals surface area contributed by atoms with Crippen molar-refractivity contribution in [2.24, 2.45) is 0 Å². The van der Waals surface area contributed by atoms with Crippen LogP contribution >= 0.6 is 0 Å². The number of hydrogen-bond acceptors (Lipinski definition) is 4. The van der Waals surface area contributed by atoms with E-state index in [0.717, 1.165) is 12.4 Å². The predicted molar refractivity (Wildman–Crippen MR) is 57.3 cm³/mol. The predicted octanol–water partition coefficient (Wildman–Crippen LogP) is 1.17. The lowest BCUT2D eigenvalue weighted by molar-refractivity contribution is 0.559. The molecule has 0 aliphatic heterocycles. The van der Waals surface area contributed by atoms with Gasteiger partial charge >= 0.3 is 0 Å². The third kappa shape index (κ3) is 2.77. The molecule has 5 nitrogen and oxygen atoms in total. The molecule has 5 heteroatoms. The van der Waals surface area contributed by atoms with Gasteiger partial charge in [0.2, 0.25) is 0 Å². The normalized spacial score (nSPS) is 12.3. The van der Waals surface area contributed by atoms with E-state index < -0.39 is 0 Å². The Kier molecular flexibility index (Phi) is 2.92. The van der Waals surface area contributed by atoms with Crippen molar-refractivity contribution >= 4 is 5.82 Å². The van der Waals surface area contributed by atoms with Gasteiger partial charge in [0.1, 0.15) is 5.82 Å². The Morgan fingerprint density at radius 2 is 2.33 bits per heavy atom. The fourth-order valence-electron chi connectivity index (χ4n) is 1.37. The van der Waals surface area contributed by atoms with E-state index in [-0.39, 0.29) is 6.04 Å². The van der Waals surface area contributed by atoms with Crippen molar-refractivity contribution in [2.45, 2.75) is 19.5 Å². The summed E-state index contributed by atoms with van der Waals surface area (Å²) < 4.78 is 1.88. The highest BCUT2D eigenvalue weighted by Crippen LogP contribution is 2.02. The van der Waals surface area contributed by atoms with Crippen molar-refractivity contribution < 1.29 is 0 Å². The summed E-state index contributed by atoms with van der Waals surface area (Å²) in [4.78, 5) is 0. The first-order valence-electron chi connectivity index (χ1n) is 4.86. The average molecular weight is 203 g/mol. The second-order valence-electron chi connectivity index (χ2n) is 3.38. The van der Waals surface area contributed by atoms with Crippen LogP contribution in [0.3, 0.4) is 0 Å². The molecular formula is C10H13N5. The molecule has 0 aromatic carbocycles. The fourth-order valence-corrected chi connectivity index (χ4v) is 1.37. The zero-order chi connectivity index (χ0) is 10.5. The Morgan fingerprint density at radius 1 is 1.40 bits per heavy atom. The van der Waals surface area contributed by atoms with Crippen molar-refractivity contribution in [2.75, 3.05) is 5.32 Å². The minimum atomic E-state index is 0.265. The molecule has 2 rings (SSSR count). The lowest BCUT2D eigenvalue weighted by Gasteiger charge is -2.13. The number of rotatable bonds is 4. The van der Waals surface area contributed by atoms with Gasteiger partial charge in [-0.25, -0.2) is 0 Å². The third-order valence-electron chi connectivity index (χ3n) is 1.99. The fraction of sp³-hybridized carbons (Fsp3) is 0.300.